The van der Waals surface area contributed by atoms with Gasteiger partial charge in [0.15, 0.2) is 0 Å². The van der Waals surface area contributed by atoms with E-state index < -0.39 is 10.0 Å². The van der Waals surface area contributed by atoms with Gasteiger partial charge >= 0.3 is 0 Å². The average Bonchev–Trinajstić information content (AvgIpc) is 2.61. The third-order valence-electron chi connectivity index (χ3n) is 3.56. The Balaban J connectivity index is 1.77. The first kappa shape index (κ1) is 19.0. The molecule has 0 bridgehead atoms. The number of carbonyl (C=O) groups is 1. The SMILES string of the molecule is CNS(=O)(=O)c1ccc(C(=O)NCCCOc2cccc(C)c2)cc1. The van der Waals surface area contributed by atoms with Crippen LogP contribution in [0.5, 0.6) is 5.75 Å². The maximum Gasteiger partial charge on any atom is 0.251 e. The lowest BCUT2D eigenvalue weighted by molar-refractivity contribution is 0.0951. The summed E-state index contributed by atoms with van der Waals surface area (Å²) in [6.07, 6.45) is 0.673. The first-order valence-electron chi connectivity index (χ1n) is 7.93. The number of aryl methyl sites for hydroxylation is 1. The molecule has 25 heavy (non-hydrogen) atoms. The van der Waals surface area contributed by atoms with Gasteiger partial charge in [-0.3, -0.25) is 4.79 Å². The van der Waals surface area contributed by atoms with E-state index in [2.05, 4.69) is 10.0 Å². The molecule has 0 aromatic heterocycles. The number of sulfonamides is 1. The maximum atomic E-state index is 12.0. The van der Waals surface area contributed by atoms with Crippen molar-refractivity contribution >= 4 is 15.9 Å². The van der Waals surface area contributed by atoms with Crippen LogP contribution in [0.3, 0.4) is 0 Å². The number of hydrogen-bond acceptors (Lipinski definition) is 4. The molecule has 0 fully saturated rings. The van der Waals surface area contributed by atoms with E-state index in [0.717, 1.165) is 11.3 Å². The highest BCUT2D eigenvalue weighted by Gasteiger charge is 2.12. The Morgan fingerprint density at radius 1 is 1.12 bits per heavy atom. The van der Waals surface area contributed by atoms with Gasteiger partial charge in [0.1, 0.15) is 5.75 Å². The number of rotatable bonds is 8. The Labute approximate surface area is 148 Å². The van der Waals surface area contributed by atoms with Crippen molar-refractivity contribution in [3.05, 3.63) is 59.7 Å². The molecule has 2 aromatic rings. The second-order valence-corrected chi connectivity index (χ2v) is 7.39. The predicted octanol–water partition coefficient (Wildman–Crippen LogP) is 2.10. The summed E-state index contributed by atoms with van der Waals surface area (Å²) in [5, 5.41) is 2.78. The third kappa shape index (κ3) is 5.58. The van der Waals surface area contributed by atoms with Gasteiger partial charge in [-0.1, -0.05) is 12.1 Å². The minimum Gasteiger partial charge on any atom is -0.494 e. The van der Waals surface area contributed by atoms with Crippen LogP contribution >= 0.6 is 0 Å². The van der Waals surface area contributed by atoms with Gasteiger partial charge in [0, 0.05) is 12.1 Å². The predicted molar refractivity (Wildman–Crippen MR) is 96.3 cm³/mol. The molecule has 0 aliphatic rings. The van der Waals surface area contributed by atoms with E-state index in [0.29, 0.717) is 25.1 Å². The Morgan fingerprint density at radius 3 is 2.48 bits per heavy atom. The van der Waals surface area contributed by atoms with Gasteiger partial charge in [-0.25, -0.2) is 13.1 Å². The first-order valence-corrected chi connectivity index (χ1v) is 9.42. The minimum atomic E-state index is -3.49. The van der Waals surface area contributed by atoms with Gasteiger partial charge in [0.25, 0.3) is 5.91 Å². The van der Waals surface area contributed by atoms with Crippen molar-refractivity contribution < 1.29 is 17.9 Å². The molecule has 6 nitrogen and oxygen atoms in total. The van der Waals surface area contributed by atoms with Gasteiger partial charge in [-0.05, 0) is 62.4 Å². The van der Waals surface area contributed by atoms with Crippen LogP contribution in [0.25, 0.3) is 0 Å². The molecule has 7 heteroatoms. The first-order chi connectivity index (χ1) is 11.9. The summed E-state index contributed by atoms with van der Waals surface area (Å²) in [5.74, 6) is 0.566. The summed E-state index contributed by atoms with van der Waals surface area (Å²) < 4.78 is 31.1. The number of amides is 1. The maximum absolute atomic E-state index is 12.0. The molecule has 0 atom stereocenters. The van der Waals surface area contributed by atoms with Crippen LogP contribution in [-0.4, -0.2) is 34.5 Å². The van der Waals surface area contributed by atoms with Crippen molar-refractivity contribution in [3.63, 3.8) is 0 Å². The number of hydrogen-bond donors (Lipinski definition) is 2. The van der Waals surface area contributed by atoms with Crippen LogP contribution in [0.1, 0.15) is 22.3 Å². The fourth-order valence-corrected chi connectivity index (χ4v) is 2.90. The second kappa shape index (κ2) is 8.64. The highest BCUT2D eigenvalue weighted by Crippen LogP contribution is 2.12. The number of nitrogens with one attached hydrogen (secondary N) is 2. The lowest BCUT2D eigenvalue weighted by Crippen LogP contribution is -2.25. The molecule has 0 heterocycles. The van der Waals surface area contributed by atoms with Crippen molar-refractivity contribution in [2.45, 2.75) is 18.2 Å². The lowest BCUT2D eigenvalue weighted by atomic mass is 10.2. The van der Waals surface area contributed by atoms with Gasteiger partial charge in [0.2, 0.25) is 10.0 Å². The van der Waals surface area contributed by atoms with E-state index in [9.17, 15) is 13.2 Å². The zero-order chi connectivity index (χ0) is 18.3. The molecule has 0 aliphatic heterocycles. The Morgan fingerprint density at radius 2 is 1.84 bits per heavy atom. The molecule has 0 radical (unpaired) electrons. The molecule has 0 saturated heterocycles. The smallest absolute Gasteiger partial charge is 0.251 e. The van der Waals surface area contributed by atoms with Crippen LogP contribution in [0.15, 0.2) is 53.4 Å². The summed E-state index contributed by atoms with van der Waals surface area (Å²) in [7, 11) is -2.15. The number of carbonyl (C=O) groups excluding carboxylic acids is 1. The van der Waals surface area contributed by atoms with Crippen molar-refractivity contribution in [2.75, 3.05) is 20.2 Å². The highest BCUT2D eigenvalue weighted by molar-refractivity contribution is 7.89. The van der Waals surface area contributed by atoms with Crippen LogP contribution in [0.4, 0.5) is 0 Å². The molecule has 1 amide bonds. The second-order valence-electron chi connectivity index (χ2n) is 5.51. The Kier molecular flexibility index (Phi) is 6.55. The number of ether oxygens (including phenoxy) is 1. The molecule has 2 N–H and O–H groups in total. The quantitative estimate of drug-likeness (QED) is 0.705. The molecule has 0 saturated carbocycles. The van der Waals surface area contributed by atoms with E-state index in [1.54, 1.807) is 0 Å². The van der Waals surface area contributed by atoms with E-state index in [4.69, 9.17) is 4.74 Å². The fourth-order valence-electron chi connectivity index (χ4n) is 2.17. The largest absolute Gasteiger partial charge is 0.494 e. The Bertz CT molecular complexity index is 817. The topological polar surface area (TPSA) is 84.5 Å². The van der Waals surface area contributed by atoms with Crippen molar-refractivity contribution in [1.82, 2.24) is 10.0 Å². The Hall–Kier alpha value is -2.38. The van der Waals surface area contributed by atoms with Crippen LogP contribution in [0, 0.1) is 6.92 Å². The summed E-state index contributed by atoms with van der Waals surface area (Å²) in [5.41, 5.74) is 1.55. The molecule has 2 aromatic carbocycles. The van der Waals surface area contributed by atoms with Gasteiger partial charge < -0.3 is 10.1 Å². The van der Waals surface area contributed by atoms with E-state index in [1.165, 1.54) is 31.3 Å². The summed E-state index contributed by atoms with van der Waals surface area (Å²) in [4.78, 5) is 12.2. The monoisotopic (exact) mass is 362 g/mol. The summed E-state index contributed by atoms with van der Waals surface area (Å²) in [6, 6.07) is 13.6. The zero-order valence-corrected chi connectivity index (χ0v) is 15.1. The zero-order valence-electron chi connectivity index (χ0n) is 14.3. The average molecular weight is 362 g/mol. The third-order valence-corrected chi connectivity index (χ3v) is 4.99. The summed E-state index contributed by atoms with van der Waals surface area (Å²) in [6.45, 7) is 2.98. The van der Waals surface area contributed by atoms with Crippen LogP contribution in [0.2, 0.25) is 0 Å². The van der Waals surface area contributed by atoms with Crippen LogP contribution in [-0.2, 0) is 10.0 Å². The van der Waals surface area contributed by atoms with E-state index >= 15 is 0 Å². The highest BCUT2D eigenvalue weighted by atomic mass is 32.2. The molecule has 134 valence electrons. The van der Waals surface area contributed by atoms with Gasteiger partial charge in [0.05, 0.1) is 11.5 Å². The van der Waals surface area contributed by atoms with Gasteiger partial charge in [-0.2, -0.15) is 0 Å². The van der Waals surface area contributed by atoms with Gasteiger partial charge in [-0.15, -0.1) is 0 Å². The van der Waals surface area contributed by atoms with Crippen molar-refractivity contribution in [1.29, 1.82) is 0 Å². The molecular weight excluding hydrogens is 340 g/mol. The lowest BCUT2D eigenvalue weighted by Gasteiger charge is -2.08. The fraction of sp³-hybridized carbons (Fsp3) is 0.278. The molecule has 0 spiro atoms. The van der Waals surface area contributed by atoms with Crippen molar-refractivity contribution in [3.8, 4) is 5.75 Å². The van der Waals surface area contributed by atoms with E-state index in [-0.39, 0.29) is 10.8 Å². The van der Waals surface area contributed by atoms with Crippen LogP contribution < -0.4 is 14.8 Å². The number of benzene rings is 2. The minimum absolute atomic E-state index is 0.123. The van der Waals surface area contributed by atoms with E-state index in [1.807, 2.05) is 31.2 Å². The molecule has 0 aliphatic carbocycles. The molecule has 2 rings (SSSR count). The molecular formula is C18H22N2O4S. The summed E-state index contributed by atoms with van der Waals surface area (Å²) >= 11 is 0. The standard InChI is InChI=1S/C18H22N2O4S/c1-14-5-3-6-16(13-14)24-12-4-11-20-18(21)15-7-9-17(10-8-15)25(22,23)19-2/h3,5-10,13,19H,4,11-12H2,1-2H3,(H,20,21). The molecule has 0 unspecified atom stereocenters. The normalized spacial score (nSPS) is 11.1. The van der Waals surface area contributed by atoms with Crippen molar-refractivity contribution in [2.24, 2.45) is 0 Å².